The highest BCUT2D eigenvalue weighted by Gasteiger charge is 2.00. The van der Waals surface area contributed by atoms with Crippen molar-refractivity contribution in [3.05, 3.63) is 40.9 Å². The van der Waals surface area contributed by atoms with Crippen molar-refractivity contribution in [1.82, 2.24) is 0 Å². The van der Waals surface area contributed by atoms with Crippen LogP contribution in [0.25, 0.3) is 0 Å². The van der Waals surface area contributed by atoms with Gasteiger partial charge in [-0.3, -0.25) is 4.79 Å². The van der Waals surface area contributed by atoms with Crippen molar-refractivity contribution in [2.24, 2.45) is 0 Å². The molecule has 0 saturated carbocycles. The first-order chi connectivity index (χ1) is 7.09. The molecule has 1 aromatic carbocycles. The summed E-state index contributed by atoms with van der Waals surface area (Å²) < 4.78 is 0.722. The lowest BCUT2D eigenvalue weighted by Gasteiger charge is -2.03. The molecule has 0 unspecified atom stereocenters. The molecule has 1 amide bonds. The molecule has 0 spiro atoms. The van der Waals surface area contributed by atoms with Crippen LogP contribution in [0.4, 0.5) is 5.69 Å². The van der Waals surface area contributed by atoms with Gasteiger partial charge >= 0.3 is 0 Å². The monoisotopic (exact) mass is 268 g/mol. The summed E-state index contributed by atoms with van der Waals surface area (Å²) in [5.74, 6) is -1.93. The summed E-state index contributed by atoms with van der Waals surface area (Å²) in [5.41, 5.74) is 0.575. The molecule has 1 aromatic rings. The Morgan fingerprint density at radius 1 is 1.27 bits per heavy atom. The van der Waals surface area contributed by atoms with E-state index in [4.69, 9.17) is 0 Å². The zero-order valence-corrected chi connectivity index (χ0v) is 9.15. The van der Waals surface area contributed by atoms with E-state index in [2.05, 4.69) is 21.2 Å². The maximum Gasteiger partial charge on any atom is 0.248 e. The van der Waals surface area contributed by atoms with Gasteiger partial charge in [0.2, 0.25) is 5.91 Å². The molecular weight excluding hydrogens is 262 g/mol. The summed E-state index contributed by atoms with van der Waals surface area (Å²) in [6, 6.07) is 7.01. The van der Waals surface area contributed by atoms with Crippen LogP contribution >= 0.6 is 15.9 Å². The fraction of sp³-hybridized carbons (Fsp3) is 0. The zero-order valence-electron chi connectivity index (χ0n) is 7.57. The Balaban J connectivity index is 2.67. The van der Waals surface area contributed by atoms with E-state index in [0.29, 0.717) is 11.8 Å². The molecule has 0 atom stereocenters. The van der Waals surface area contributed by atoms with Gasteiger partial charge in [0.15, 0.2) is 0 Å². The number of halogens is 1. The Labute approximate surface area is 94.7 Å². The fourth-order valence-electron chi connectivity index (χ4n) is 0.881. The molecule has 0 heterocycles. The summed E-state index contributed by atoms with van der Waals surface area (Å²) in [4.78, 5) is 21.2. The Morgan fingerprint density at radius 3 is 2.53 bits per heavy atom. The van der Waals surface area contributed by atoms with Crippen LogP contribution in [-0.4, -0.2) is 11.9 Å². The highest BCUT2D eigenvalue weighted by molar-refractivity contribution is 9.10. The predicted octanol–water partition coefficient (Wildman–Crippen LogP) is 0.694. The lowest BCUT2D eigenvalue weighted by molar-refractivity contribution is -0.297. The third-order valence-corrected chi connectivity index (χ3v) is 2.19. The molecule has 4 nitrogen and oxygen atoms in total. The highest BCUT2D eigenvalue weighted by Crippen LogP contribution is 2.20. The molecule has 15 heavy (non-hydrogen) atoms. The van der Waals surface area contributed by atoms with Gasteiger partial charge in [0.25, 0.3) is 0 Å². The van der Waals surface area contributed by atoms with Crippen LogP contribution in [0.2, 0.25) is 0 Å². The van der Waals surface area contributed by atoms with E-state index in [9.17, 15) is 14.7 Å². The number of rotatable bonds is 3. The maximum absolute atomic E-state index is 11.2. The van der Waals surface area contributed by atoms with Crippen molar-refractivity contribution in [2.75, 3.05) is 5.32 Å². The fourth-order valence-corrected chi connectivity index (χ4v) is 1.26. The minimum atomic E-state index is -1.41. The average molecular weight is 269 g/mol. The Kier molecular flexibility index (Phi) is 4.05. The summed E-state index contributed by atoms with van der Waals surface area (Å²) in [6.45, 7) is 0. The molecule has 0 aromatic heterocycles. The SMILES string of the molecule is O=C([O-])C=CC(=O)Nc1ccccc1Br. The first-order valence-corrected chi connectivity index (χ1v) is 4.83. The third-order valence-electron chi connectivity index (χ3n) is 1.50. The minimum absolute atomic E-state index is 0.522. The number of carboxylic acid groups (broad SMARTS) is 1. The largest absolute Gasteiger partial charge is 0.545 e. The topological polar surface area (TPSA) is 69.2 Å². The van der Waals surface area contributed by atoms with Gasteiger partial charge in [-0.2, -0.15) is 0 Å². The highest BCUT2D eigenvalue weighted by atomic mass is 79.9. The van der Waals surface area contributed by atoms with Gasteiger partial charge in [0, 0.05) is 10.5 Å². The first-order valence-electron chi connectivity index (χ1n) is 4.04. The Bertz CT molecular complexity index is 415. The molecule has 0 bridgehead atoms. The smallest absolute Gasteiger partial charge is 0.248 e. The molecule has 0 radical (unpaired) electrons. The van der Waals surface area contributed by atoms with E-state index in [1.165, 1.54) is 0 Å². The molecule has 0 saturated heterocycles. The molecule has 5 heteroatoms. The number of carboxylic acids is 1. The molecule has 0 aliphatic rings. The van der Waals surface area contributed by atoms with Gasteiger partial charge in [-0.05, 0) is 34.1 Å². The van der Waals surface area contributed by atoms with Crippen molar-refractivity contribution in [1.29, 1.82) is 0 Å². The summed E-state index contributed by atoms with van der Waals surface area (Å²) in [5, 5.41) is 12.5. The summed E-state index contributed by atoms with van der Waals surface area (Å²) >= 11 is 3.24. The zero-order chi connectivity index (χ0) is 11.3. The van der Waals surface area contributed by atoms with Gasteiger partial charge in [0.05, 0.1) is 11.7 Å². The van der Waals surface area contributed by atoms with Crippen molar-refractivity contribution in [3.63, 3.8) is 0 Å². The number of hydrogen-bond donors (Lipinski definition) is 1. The van der Waals surface area contributed by atoms with Gasteiger partial charge in [0.1, 0.15) is 0 Å². The van der Waals surface area contributed by atoms with E-state index < -0.39 is 11.9 Å². The van der Waals surface area contributed by atoms with Crippen molar-refractivity contribution < 1.29 is 14.7 Å². The lowest BCUT2D eigenvalue weighted by atomic mass is 10.3. The van der Waals surface area contributed by atoms with Crippen LogP contribution in [-0.2, 0) is 9.59 Å². The predicted molar refractivity (Wildman–Crippen MR) is 56.9 cm³/mol. The molecule has 78 valence electrons. The second-order valence-corrected chi connectivity index (χ2v) is 3.48. The summed E-state index contributed by atoms with van der Waals surface area (Å²) in [6.07, 6.45) is 1.57. The van der Waals surface area contributed by atoms with Crippen LogP contribution in [0.3, 0.4) is 0 Å². The Morgan fingerprint density at radius 2 is 1.93 bits per heavy atom. The van der Waals surface area contributed by atoms with Crippen LogP contribution < -0.4 is 10.4 Å². The first kappa shape index (κ1) is 11.5. The van der Waals surface area contributed by atoms with E-state index in [0.717, 1.165) is 10.5 Å². The van der Waals surface area contributed by atoms with Crippen LogP contribution in [0, 0.1) is 0 Å². The van der Waals surface area contributed by atoms with Gasteiger partial charge < -0.3 is 15.2 Å². The quantitative estimate of drug-likeness (QED) is 0.821. The minimum Gasteiger partial charge on any atom is -0.545 e. The molecule has 1 rings (SSSR count). The number of benzene rings is 1. The normalized spacial score (nSPS) is 10.2. The number of amides is 1. The van der Waals surface area contributed by atoms with E-state index >= 15 is 0 Å². The van der Waals surface area contributed by atoms with E-state index in [-0.39, 0.29) is 0 Å². The molecule has 1 N–H and O–H groups in total. The van der Waals surface area contributed by atoms with Crippen LogP contribution in [0.5, 0.6) is 0 Å². The number of para-hydroxylation sites is 1. The van der Waals surface area contributed by atoms with Crippen molar-refractivity contribution in [3.8, 4) is 0 Å². The second-order valence-electron chi connectivity index (χ2n) is 2.62. The molecule has 0 aliphatic heterocycles. The van der Waals surface area contributed by atoms with E-state index in [1.807, 2.05) is 0 Å². The molecular formula is C10H7BrNO3-. The van der Waals surface area contributed by atoms with Crippen molar-refractivity contribution >= 4 is 33.5 Å². The molecule has 0 aliphatic carbocycles. The lowest BCUT2D eigenvalue weighted by Crippen LogP contribution is -2.20. The standard InChI is InChI=1S/C10H8BrNO3/c11-7-3-1-2-4-8(7)12-9(13)5-6-10(14)15/h1-6H,(H,12,13)(H,14,15)/p-1. The van der Waals surface area contributed by atoms with Gasteiger partial charge in [-0.25, -0.2) is 0 Å². The van der Waals surface area contributed by atoms with E-state index in [1.54, 1.807) is 24.3 Å². The number of hydrogen-bond acceptors (Lipinski definition) is 3. The number of aliphatic carboxylic acids is 1. The summed E-state index contributed by atoms with van der Waals surface area (Å²) in [7, 11) is 0. The number of nitrogens with one attached hydrogen (secondary N) is 1. The van der Waals surface area contributed by atoms with Gasteiger partial charge in [-0.15, -0.1) is 0 Å². The van der Waals surface area contributed by atoms with Crippen LogP contribution in [0.15, 0.2) is 40.9 Å². The average Bonchev–Trinajstić information content (AvgIpc) is 2.18. The number of carbonyl (C=O) groups excluding carboxylic acids is 2. The van der Waals surface area contributed by atoms with Gasteiger partial charge in [-0.1, -0.05) is 12.1 Å². The van der Waals surface area contributed by atoms with Crippen LogP contribution in [0.1, 0.15) is 0 Å². The maximum atomic E-state index is 11.2. The number of carbonyl (C=O) groups is 2. The third kappa shape index (κ3) is 3.95. The number of anilines is 1. The van der Waals surface area contributed by atoms with Crippen molar-refractivity contribution in [2.45, 2.75) is 0 Å². The molecule has 0 fully saturated rings. The Hall–Kier alpha value is -1.62. The second kappa shape index (κ2) is 5.31.